The summed E-state index contributed by atoms with van der Waals surface area (Å²) in [5, 5.41) is 9.70. The zero-order chi connectivity index (χ0) is 15.7. The fourth-order valence-corrected chi connectivity index (χ4v) is 2.42. The predicted octanol–water partition coefficient (Wildman–Crippen LogP) is 3.34. The van der Waals surface area contributed by atoms with E-state index in [-0.39, 0.29) is 6.04 Å². The van der Waals surface area contributed by atoms with E-state index in [9.17, 15) is 0 Å². The van der Waals surface area contributed by atoms with Crippen molar-refractivity contribution in [3.8, 4) is 5.69 Å². The van der Waals surface area contributed by atoms with E-state index in [0.29, 0.717) is 10.0 Å². The molecule has 0 bridgehead atoms. The van der Waals surface area contributed by atoms with Gasteiger partial charge in [0.25, 0.3) is 0 Å². The van der Waals surface area contributed by atoms with Crippen molar-refractivity contribution in [2.24, 2.45) is 0 Å². The lowest BCUT2D eigenvalue weighted by molar-refractivity contribution is 0.522. The molecule has 0 aliphatic rings. The molecule has 3 aromatic rings. The molecule has 114 valence electrons. The first-order valence-electron chi connectivity index (χ1n) is 6.85. The number of benzene rings is 1. The maximum atomic E-state index is 6.11. The van der Waals surface area contributed by atoms with Crippen LogP contribution >= 0.6 is 23.2 Å². The van der Waals surface area contributed by atoms with E-state index >= 15 is 0 Å². The molecule has 0 N–H and O–H groups in total. The highest BCUT2D eigenvalue weighted by Crippen LogP contribution is 2.26. The van der Waals surface area contributed by atoms with Gasteiger partial charge in [-0.25, -0.2) is 19.3 Å². The molecule has 0 radical (unpaired) electrons. The van der Waals surface area contributed by atoms with Gasteiger partial charge in [-0.3, -0.25) is 0 Å². The number of rotatable bonds is 4. The number of halogens is 2. The van der Waals surface area contributed by atoms with Gasteiger partial charge in [0.2, 0.25) is 0 Å². The summed E-state index contributed by atoms with van der Waals surface area (Å²) in [6.07, 6.45) is 3.90. The van der Waals surface area contributed by atoms with Gasteiger partial charge >= 0.3 is 0 Å². The van der Waals surface area contributed by atoms with Crippen molar-refractivity contribution in [1.29, 1.82) is 0 Å². The molecule has 0 spiro atoms. The smallest absolute Gasteiger partial charge is 0.157 e. The van der Waals surface area contributed by atoms with Crippen LogP contribution in [0.15, 0.2) is 30.9 Å². The number of hydrogen-bond donors (Lipinski definition) is 0. The molecule has 0 aliphatic carbocycles. The Labute approximate surface area is 137 Å². The first-order chi connectivity index (χ1) is 10.6. The first-order valence-corrected chi connectivity index (χ1v) is 7.61. The van der Waals surface area contributed by atoms with Gasteiger partial charge in [0, 0.05) is 6.42 Å². The molecule has 22 heavy (non-hydrogen) atoms. The van der Waals surface area contributed by atoms with Crippen molar-refractivity contribution in [2.45, 2.75) is 26.3 Å². The molecule has 2 heterocycles. The zero-order valence-electron chi connectivity index (χ0n) is 12.1. The summed E-state index contributed by atoms with van der Waals surface area (Å²) < 4.78 is 3.50. The van der Waals surface area contributed by atoms with Crippen molar-refractivity contribution in [1.82, 2.24) is 29.5 Å². The van der Waals surface area contributed by atoms with E-state index in [4.69, 9.17) is 23.2 Å². The van der Waals surface area contributed by atoms with E-state index in [1.54, 1.807) is 27.8 Å². The van der Waals surface area contributed by atoms with E-state index in [1.807, 2.05) is 19.9 Å². The number of nitrogens with zero attached hydrogens (tertiary/aromatic N) is 6. The minimum Gasteiger partial charge on any atom is -0.243 e. The molecule has 8 heteroatoms. The number of hydrogen-bond acceptors (Lipinski definition) is 4. The Bertz CT molecular complexity index is 781. The van der Waals surface area contributed by atoms with Gasteiger partial charge in [0.15, 0.2) is 11.6 Å². The van der Waals surface area contributed by atoms with Crippen LogP contribution in [0.1, 0.15) is 31.5 Å². The highest BCUT2D eigenvalue weighted by Gasteiger charge is 2.19. The summed E-state index contributed by atoms with van der Waals surface area (Å²) in [6, 6.07) is 5.27. The van der Waals surface area contributed by atoms with Crippen LogP contribution in [-0.2, 0) is 6.42 Å². The maximum Gasteiger partial charge on any atom is 0.157 e. The predicted molar refractivity (Wildman–Crippen MR) is 84.6 cm³/mol. The lowest BCUT2D eigenvalue weighted by Gasteiger charge is -2.13. The van der Waals surface area contributed by atoms with Gasteiger partial charge in [0.05, 0.1) is 15.7 Å². The Balaban J connectivity index is 2.10. The molecule has 0 saturated heterocycles. The molecular weight excluding hydrogens is 323 g/mol. The van der Waals surface area contributed by atoms with E-state index in [0.717, 1.165) is 23.8 Å². The average molecular weight is 337 g/mol. The van der Waals surface area contributed by atoms with Crippen LogP contribution in [0.4, 0.5) is 0 Å². The lowest BCUT2D eigenvalue weighted by Crippen LogP contribution is -2.14. The largest absolute Gasteiger partial charge is 0.243 e. The van der Waals surface area contributed by atoms with Gasteiger partial charge in [-0.1, -0.05) is 30.1 Å². The van der Waals surface area contributed by atoms with Crippen molar-refractivity contribution in [3.63, 3.8) is 0 Å². The summed E-state index contributed by atoms with van der Waals surface area (Å²) >= 11 is 12.1. The minimum atomic E-state index is -0.107. The SMILES string of the molecule is CCc1nc(C(C)n2cncn2)n(-c2ccc(Cl)c(Cl)c2)n1. The van der Waals surface area contributed by atoms with Crippen LogP contribution in [0, 0.1) is 0 Å². The number of aromatic nitrogens is 6. The summed E-state index contributed by atoms with van der Waals surface area (Å²) in [6.45, 7) is 4.00. The standard InChI is InChI=1S/C14H14Cl2N6/c1-3-13-19-14(9(2)21-8-17-7-18-21)22(20-13)10-4-5-11(15)12(16)6-10/h4-9H,3H2,1-2H3. The molecule has 0 fully saturated rings. The molecular formula is C14H14Cl2N6. The van der Waals surface area contributed by atoms with Crippen LogP contribution in [0.25, 0.3) is 5.69 Å². The van der Waals surface area contributed by atoms with Crippen molar-refractivity contribution < 1.29 is 0 Å². The van der Waals surface area contributed by atoms with E-state index in [2.05, 4.69) is 20.2 Å². The van der Waals surface area contributed by atoms with Crippen molar-refractivity contribution in [2.75, 3.05) is 0 Å². The van der Waals surface area contributed by atoms with Crippen LogP contribution in [0.5, 0.6) is 0 Å². The highest BCUT2D eigenvalue weighted by atomic mass is 35.5. The van der Waals surface area contributed by atoms with Crippen LogP contribution < -0.4 is 0 Å². The topological polar surface area (TPSA) is 61.4 Å². The molecule has 6 nitrogen and oxygen atoms in total. The summed E-state index contributed by atoms with van der Waals surface area (Å²) in [7, 11) is 0. The van der Waals surface area contributed by atoms with E-state index < -0.39 is 0 Å². The molecule has 0 saturated carbocycles. The Morgan fingerprint density at radius 2 is 2.05 bits per heavy atom. The third-order valence-corrected chi connectivity index (χ3v) is 4.09. The van der Waals surface area contributed by atoms with Crippen LogP contribution in [0.3, 0.4) is 0 Å². The highest BCUT2D eigenvalue weighted by molar-refractivity contribution is 6.42. The third kappa shape index (κ3) is 2.71. The molecule has 0 aliphatic heterocycles. The fourth-order valence-electron chi connectivity index (χ4n) is 2.13. The van der Waals surface area contributed by atoms with Gasteiger partial charge in [-0.2, -0.15) is 10.2 Å². The molecule has 0 amide bonds. The monoisotopic (exact) mass is 336 g/mol. The molecule has 2 aromatic heterocycles. The second kappa shape index (κ2) is 6.06. The maximum absolute atomic E-state index is 6.11. The van der Waals surface area contributed by atoms with Crippen LogP contribution in [0.2, 0.25) is 10.0 Å². The summed E-state index contributed by atoms with van der Waals surface area (Å²) in [5.41, 5.74) is 0.809. The fraction of sp³-hybridized carbons (Fsp3) is 0.286. The summed E-state index contributed by atoms with van der Waals surface area (Å²) in [4.78, 5) is 8.58. The van der Waals surface area contributed by atoms with Crippen LogP contribution in [-0.4, -0.2) is 29.5 Å². The van der Waals surface area contributed by atoms with Gasteiger partial charge in [-0.15, -0.1) is 0 Å². The minimum absolute atomic E-state index is 0.107. The van der Waals surface area contributed by atoms with E-state index in [1.165, 1.54) is 6.33 Å². The normalized spacial score (nSPS) is 12.5. The lowest BCUT2D eigenvalue weighted by atomic mass is 10.3. The molecule has 3 rings (SSSR count). The van der Waals surface area contributed by atoms with Gasteiger partial charge in [-0.05, 0) is 25.1 Å². The Kier molecular flexibility index (Phi) is 4.13. The quantitative estimate of drug-likeness (QED) is 0.733. The molecule has 1 unspecified atom stereocenters. The first kappa shape index (κ1) is 15.0. The third-order valence-electron chi connectivity index (χ3n) is 3.35. The second-order valence-corrected chi connectivity index (χ2v) is 5.62. The Hall–Kier alpha value is -1.92. The summed E-state index contributed by atoms with van der Waals surface area (Å²) in [5.74, 6) is 1.52. The second-order valence-electron chi connectivity index (χ2n) is 4.80. The number of aryl methyl sites for hydroxylation is 1. The van der Waals surface area contributed by atoms with Gasteiger partial charge < -0.3 is 0 Å². The molecule has 1 aromatic carbocycles. The van der Waals surface area contributed by atoms with Crippen molar-refractivity contribution in [3.05, 3.63) is 52.5 Å². The Morgan fingerprint density at radius 3 is 2.68 bits per heavy atom. The van der Waals surface area contributed by atoms with Crippen molar-refractivity contribution >= 4 is 23.2 Å². The average Bonchev–Trinajstić information content (AvgIpc) is 3.18. The van der Waals surface area contributed by atoms with Gasteiger partial charge in [0.1, 0.15) is 18.7 Å². The zero-order valence-corrected chi connectivity index (χ0v) is 13.6. The molecule has 1 atom stereocenters. The Morgan fingerprint density at radius 1 is 1.23 bits per heavy atom.